The number of aryl methyl sites for hydroxylation is 1. The SMILES string of the molecule is CCCc1nc(Cl)c(C)c(NCCN(C)C(C)C)n1. The van der Waals surface area contributed by atoms with Crippen LogP contribution in [0.5, 0.6) is 0 Å². The molecule has 19 heavy (non-hydrogen) atoms. The highest BCUT2D eigenvalue weighted by atomic mass is 35.5. The van der Waals surface area contributed by atoms with Gasteiger partial charge in [0.05, 0.1) is 0 Å². The Labute approximate surface area is 121 Å². The first-order valence-electron chi connectivity index (χ1n) is 6.92. The van der Waals surface area contributed by atoms with Crippen LogP contribution in [-0.4, -0.2) is 41.0 Å². The van der Waals surface area contributed by atoms with Crippen LogP contribution in [0, 0.1) is 6.92 Å². The summed E-state index contributed by atoms with van der Waals surface area (Å²) < 4.78 is 0. The number of hydrogen-bond donors (Lipinski definition) is 1. The zero-order valence-corrected chi connectivity index (χ0v) is 13.4. The van der Waals surface area contributed by atoms with Gasteiger partial charge in [-0.3, -0.25) is 0 Å². The topological polar surface area (TPSA) is 41.1 Å². The van der Waals surface area contributed by atoms with Crippen LogP contribution in [0.25, 0.3) is 0 Å². The Morgan fingerprint density at radius 2 is 2.00 bits per heavy atom. The zero-order valence-electron chi connectivity index (χ0n) is 12.6. The Hall–Kier alpha value is -0.870. The van der Waals surface area contributed by atoms with Crippen LogP contribution in [-0.2, 0) is 6.42 Å². The maximum Gasteiger partial charge on any atom is 0.137 e. The highest BCUT2D eigenvalue weighted by Crippen LogP contribution is 2.20. The van der Waals surface area contributed by atoms with Crippen molar-refractivity contribution in [3.8, 4) is 0 Å². The molecule has 0 unspecified atom stereocenters. The average Bonchev–Trinajstić information content (AvgIpc) is 2.35. The lowest BCUT2D eigenvalue weighted by atomic mass is 10.3. The second-order valence-electron chi connectivity index (χ2n) is 5.16. The second-order valence-corrected chi connectivity index (χ2v) is 5.51. The maximum atomic E-state index is 6.15. The van der Waals surface area contributed by atoms with Crippen LogP contribution in [0.15, 0.2) is 0 Å². The molecule has 1 rings (SSSR count). The van der Waals surface area contributed by atoms with Gasteiger partial charge in [-0.2, -0.15) is 0 Å². The molecular weight excluding hydrogens is 260 g/mol. The van der Waals surface area contributed by atoms with Gasteiger partial charge in [0.15, 0.2) is 0 Å². The number of rotatable bonds is 7. The third-order valence-corrected chi connectivity index (χ3v) is 3.61. The third kappa shape index (κ3) is 4.96. The predicted molar refractivity (Wildman–Crippen MR) is 82.0 cm³/mol. The maximum absolute atomic E-state index is 6.15. The summed E-state index contributed by atoms with van der Waals surface area (Å²) in [6.07, 6.45) is 1.88. The monoisotopic (exact) mass is 284 g/mol. The Balaban J connectivity index is 2.66. The number of nitrogens with one attached hydrogen (secondary N) is 1. The molecule has 0 spiro atoms. The van der Waals surface area contributed by atoms with Crippen LogP contribution in [0.2, 0.25) is 5.15 Å². The molecule has 0 aliphatic carbocycles. The molecule has 108 valence electrons. The van der Waals surface area contributed by atoms with Crippen molar-refractivity contribution in [3.63, 3.8) is 0 Å². The number of hydrogen-bond acceptors (Lipinski definition) is 4. The largest absolute Gasteiger partial charge is 0.368 e. The molecule has 0 aromatic carbocycles. The molecule has 1 aromatic rings. The summed E-state index contributed by atoms with van der Waals surface area (Å²) in [7, 11) is 2.12. The number of nitrogens with zero attached hydrogens (tertiary/aromatic N) is 3. The summed E-state index contributed by atoms with van der Waals surface area (Å²) in [6, 6.07) is 0.549. The highest BCUT2D eigenvalue weighted by molar-refractivity contribution is 6.30. The van der Waals surface area contributed by atoms with E-state index in [2.05, 4.69) is 48.0 Å². The fourth-order valence-electron chi connectivity index (χ4n) is 1.65. The summed E-state index contributed by atoms with van der Waals surface area (Å²) in [4.78, 5) is 11.1. The molecule has 0 fully saturated rings. The zero-order chi connectivity index (χ0) is 14.4. The van der Waals surface area contributed by atoms with Crippen molar-refractivity contribution in [2.24, 2.45) is 0 Å². The van der Waals surface area contributed by atoms with Gasteiger partial charge in [0.25, 0.3) is 0 Å². The van der Waals surface area contributed by atoms with E-state index in [4.69, 9.17) is 11.6 Å². The third-order valence-electron chi connectivity index (χ3n) is 3.24. The molecule has 0 atom stereocenters. The minimum Gasteiger partial charge on any atom is -0.368 e. The smallest absolute Gasteiger partial charge is 0.137 e. The first-order valence-corrected chi connectivity index (χ1v) is 7.30. The molecule has 0 aliphatic rings. The summed E-state index contributed by atoms with van der Waals surface area (Å²) in [5, 5.41) is 3.91. The number of likely N-dealkylation sites (N-methyl/N-ethyl adjacent to an activating group) is 1. The Kier molecular flexibility index (Phi) is 6.52. The van der Waals surface area contributed by atoms with Crippen molar-refractivity contribution in [2.75, 3.05) is 25.5 Å². The molecule has 1 aromatic heterocycles. The molecule has 4 nitrogen and oxygen atoms in total. The van der Waals surface area contributed by atoms with E-state index in [1.165, 1.54) is 0 Å². The Morgan fingerprint density at radius 1 is 1.32 bits per heavy atom. The average molecular weight is 285 g/mol. The van der Waals surface area contributed by atoms with E-state index in [0.717, 1.165) is 43.1 Å². The molecule has 0 amide bonds. The van der Waals surface area contributed by atoms with Gasteiger partial charge in [0.1, 0.15) is 16.8 Å². The Bertz CT molecular complexity index is 407. The predicted octanol–water partition coefficient (Wildman–Crippen LogP) is 3.14. The van der Waals surface area contributed by atoms with E-state index in [9.17, 15) is 0 Å². The van der Waals surface area contributed by atoms with Gasteiger partial charge < -0.3 is 10.2 Å². The van der Waals surface area contributed by atoms with Crippen molar-refractivity contribution < 1.29 is 0 Å². The molecule has 0 aliphatic heterocycles. The number of aromatic nitrogens is 2. The van der Waals surface area contributed by atoms with Gasteiger partial charge in [-0.25, -0.2) is 9.97 Å². The lowest BCUT2D eigenvalue weighted by Gasteiger charge is -2.21. The van der Waals surface area contributed by atoms with Crippen molar-refractivity contribution in [3.05, 3.63) is 16.5 Å². The molecule has 1 heterocycles. The van der Waals surface area contributed by atoms with Gasteiger partial charge in [0, 0.05) is 31.1 Å². The molecule has 0 bridgehead atoms. The number of anilines is 1. The van der Waals surface area contributed by atoms with Gasteiger partial charge in [-0.1, -0.05) is 18.5 Å². The van der Waals surface area contributed by atoms with Crippen LogP contribution < -0.4 is 5.32 Å². The van der Waals surface area contributed by atoms with E-state index < -0.39 is 0 Å². The second kappa shape index (κ2) is 7.65. The highest BCUT2D eigenvalue weighted by Gasteiger charge is 2.09. The first kappa shape index (κ1) is 16.2. The molecule has 0 radical (unpaired) electrons. The van der Waals surface area contributed by atoms with Gasteiger partial charge in [-0.15, -0.1) is 0 Å². The van der Waals surface area contributed by atoms with Crippen molar-refractivity contribution >= 4 is 17.4 Å². The standard InChI is InChI=1S/C14H25ClN4/c1-6-7-12-17-13(15)11(4)14(18-12)16-8-9-19(5)10(2)3/h10H,6-9H2,1-5H3,(H,16,17,18). The molecule has 1 N–H and O–H groups in total. The Morgan fingerprint density at radius 3 is 2.58 bits per heavy atom. The van der Waals surface area contributed by atoms with Crippen molar-refractivity contribution in [1.29, 1.82) is 0 Å². The summed E-state index contributed by atoms with van der Waals surface area (Å²) in [6.45, 7) is 10.3. The van der Waals surface area contributed by atoms with E-state index >= 15 is 0 Å². The lowest BCUT2D eigenvalue weighted by Crippen LogP contribution is -2.31. The van der Waals surface area contributed by atoms with Crippen LogP contribution in [0.3, 0.4) is 0 Å². The van der Waals surface area contributed by atoms with E-state index in [-0.39, 0.29) is 0 Å². The molecular formula is C14H25ClN4. The van der Waals surface area contributed by atoms with Gasteiger partial charge in [0.2, 0.25) is 0 Å². The van der Waals surface area contributed by atoms with Gasteiger partial charge >= 0.3 is 0 Å². The molecule has 0 saturated heterocycles. The van der Waals surface area contributed by atoms with E-state index in [1.807, 2.05) is 6.92 Å². The summed E-state index contributed by atoms with van der Waals surface area (Å²) in [5.41, 5.74) is 0.925. The van der Waals surface area contributed by atoms with E-state index in [1.54, 1.807) is 0 Å². The number of halogens is 1. The lowest BCUT2D eigenvalue weighted by molar-refractivity contribution is 0.284. The summed E-state index contributed by atoms with van der Waals surface area (Å²) >= 11 is 6.15. The quantitative estimate of drug-likeness (QED) is 0.781. The van der Waals surface area contributed by atoms with Crippen LogP contribution >= 0.6 is 11.6 Å². The fourth-order valence-corrected chi connectivity index (χ4v) is 1.84. The van der Waals surface area contributed by atoms with Crippen molar-refractivity contribution in [2.45, 2.75) is 46.6 Å². The summed E-state index contributed by atoms with van der Waals surface area (Å²) in [5.74, 6) is 1.68. The minimum absolute atomic E-state index is 0.549. The minimum atomic E-state index is 0.549. The normalized spacial score (nSPS) is 11.4. The van der Waals surface area contributed by atoms with Crippen LogP contribution in [0.4, 0.5) is 5.82 Å². The first-order chi connectivity index (χ1) is 8.95. The molecule has 0 saturated carbocycles. The van der Waals surface area contributed by atoms with Crippen molar-refractivity contribution in [1.82, 2.24) is 14.9 Å². The fraction of sp³-hybridized carbons (Fsp3) is 0.714. The van der Waals surface area contributed by atoms with E-state index in [0.29, 0.717) is 11.2 Å². The molecule has 5 heteroatoms. The van der Waals surface area contributed by atoms with Gasteiger partial charge in [-0.05, 0) is 34.2 Å². The van der Waals surface area contributed by atoms with Crippen LogP contribution in [0.1, 0.15) is 38.6 Å².